The molecule has 0 N–H and O–H groups in total. The Morgan fingerprint density at radius 3 is 3.00 bits per heavy atom. The molecular formula is C7H5ClFNO2. The van der Waals surface area contributed by atoms with Crippen LogP contribution in [0.1, 0.15) is 10.4 Å². The molecule has 0 amide bonds. The van der Waals surface area contributed by atoms with E-state index in [9.17, 15) is 9.18 Å². The smallest absolute Gasteiger partial charge is 0.341 e. The normalized spacial score (nSPS) is 9.58. The van der Waals surface area contributed by atoms with Gasteiger partial charge in [-0.3, -0.25) is 0 Å². The molecule has 0 spiro atoms. The number of esters is 1. The average Bonchev–Trinajstić information content (AvgIpc) is 2.08. The molecule has 5 heteroatoms. The highest BCUT2D eigenvalue weighted by Crippen LogP contribution is 2.12. The van der Waals surface area contributed by atoms with Crippen molar-refractivity contribution >= 4 is 17.6 Å². The summed E-state index contributed by atoms with van der Waals surface area (Å²) in [5.41, 5.74) is -0.211. The second kappa shape index (κ2) is 3.49. The van der Waals surface area contributed by atoms with Gasteiger partial charge in [0.2, 0.25) is 0 Å². The van der Waals surface area contributed by atoms with Crippen LogP contribution in [0.25, 0.3) is 0 Å². The third-order valence-corrected chi connectivity index (χ3v) is 1.43. The van der Waals surface area contributed by atoms with Crippen molar-refractivity contribution in [3.05, 3.63) is 28.8 Å². The minimum absolute atomic E-state index is 0.0526. The fraction of sp³-hybridized carbons (Fsp3) is 0.143. The summed E-state index contributed by atoms with van der Waals surface area (Å²) in [6.07, 6.45) is 0.870. The molecule has 64 valence electrons. The van der Waals surface area contributed by atoms with Crippen LogP contribution in [0, 0.1) is 5.82 Å². The van der Waals surface area contributed by atoms with Gasteiger partial charge in [-0.15, -0.1) is 0 Å². The predicted molar refractivity (Wildman–Crippen MR) is 40.5 cm³/mol. The molecule has 0 unspecified atom stereocenters. The molecule has 12 heavy (non-hydrogen) atoms. The van der Waals surface area contributed by atoms with Crippen LogP contribution in [0.15, 0.2) is 12.3 Å². The Morgan fingerprint density at radius 1 is 1.75 bits per heavy atom. The number of carbonyl (C=O) groups is 1. The van der Waals surface area contributed by atoms with Crippen LogP contribution >= 0.6 is 11.6 Å². The van der Waals surface area contributed by atoms with Crippen LogP contribution in [-0.2, 0) is 4.74 Å². The summed E-state index contributed by atoms with van der Waals surface area (Å²) in [5, 5.41) is 0.0526. The molecule has 0 saturated heterocycles. The van der Waals surface area contributed by atoms with Crippen LogP contribution < -0.4 is 0 Å². The lowest BCUT2D eigenvalue weighted by atomic mass is 10.2. The first-order valence-corrected chi connectivity index (χ1v) is 3.42. The lowest BCUT2D eigenvalue weighted by Crippen LogP contribution is -2.04. The first-order chi connectivity index (χ1) is 5.65. The van der Waals surface area contributed by atoms with Crippen molar-refractivity contribution < 1.29 is 13.9 Å². The summed E-state index contributed by atoms with van der Waals surface area (Å²) in [4.78, 5) is 14.3. The molecule has 0 aromatic carbocycles. The number of hydrogen-bond acceptors (Lipinski definition) is 3. The third kappa shape index (κ3) is 1.71. The minimum atomic E-state index is -0.767. The second-order valence-electron chi connectivity index (χ2n) is 1.98. The number of hydrogen-bond donors (Lipinski definition) is 0. The lowest BCUT2D eigenvalue weighted by Gasteiger charge is -1.99. The Morgan fingerprint density at radius 2 is 2.42 bits per heavy atom. The number of ether oxygens (including phenoxy) is 1. The van der Waals surface area contributed by atoms with Crippen LogP contribution in [0.5, 0.6) is 0 Å². The zero-order valence-corrected chi connectivity index (χ0v) is 6.93. The minimum Gasteiger partial charge on any atom is -0.465 e. The first kappa shape index (κ1) is 8.93. The SMILES string of the molecule is COC(=O)c1cc(Cl)ncc1F. The number of halogens is 2. The largest absolute Gasteiger partial charge is 0.465 e. The summed E-state index contributed by atoms with van der Waals surface area (Å²) >= 11 is 5.43. The van der Waals surface area contributed by atoms with Gasteiger partial charge in [0.25, 0.3) is 0 Å². The van der Waals surface area contributed by atoms with Gasteiger partial charge >= 0.3 is 5.97 Å². The van der Waals surface area contributed by atoms with Crippen molar-refractivity contribution in [2.75, 3.05) is 7.11 Å². The second-order valence-corrected chi connectivity index (χ2v) is 2.37. The molecule has 0 aliphatic carbocycles. The van der Waals surface area contributed by atoms with Crippen LogP contribution in [0.2, 0.25) is 5.15 Å². The monoisotopic (exact) mass is 189 g/mol. The molecule has 0 aliphatic rings. The van der Waals surface area contributed by atoms with E-state index in [1.165, 1.54) is 0 Å². The van der Waals surface area contributed by atoms with Crippen molar-refractivity contribution in [3.63, 3.8) is 0 Å². The molecular weight excluding hydrogens is 185 g/mol. The van der Waals surface area contributed by atoms with E-state index in [-0.39, 0.29) is 10.7 Å². The van der Waals surface area contributed by atoms with E-state index in [2.05, 4.69) is 9.72 Å². The highest BCUT2D eigenvalue weighted by molar-refractivity contribution is 6.29. The highest BCUT2D eigenvalue weighted by atomic mass is 35.5. The van der Waals surface area contributed by atoms with Crippen molar-refractivity contribution in [1.82, 2.24) is 4.98 Å². The number of rotatable bonds is 1. The van der Waals surface area contributed by atoms with Crippen LogP contribution in [0.3, 0.4) is 0 Å². The van der Waals surface area contributed by atoms with E-state index in [4.69, 9.17) is 11.6 Å². The van der Waals surface area contributed by atoms with E-state index in [0.29, 0.717) is 0 Å². The van der Waals surface area contributed by atoms with Gasteiger partial charge in [-0.25, -0.2) is 14.2 Å². The number of carbonyl (C=O) groups excluding carboxylic acids is 1. The Bertz CT molecular complexity index is 316. The molecule has 0 atom stereocenters. The maximum atomic E-state index is 12.8. The summed E-state index contributed by atoms with van der Waals surface area (Å²) < 4.78 is 17.1. The van der Waals surface area contributed by atoms with E-state index in [1.54, 1.807) is 0 Å². The maximum absolute atomic E-state index is 12.8. The van der Waals surface area contributed by atoms with E-state index in [1.807, 2.05) is 0 Å². The Labute approximate surface area is 73.1 Å². The molecule has 3 nitrogen and oxygen atoms in total. The van der Waals surface area contributed by atoms with Gasteiger partial charge in [0.15, 0.2) is 5.82 Å². The summed E-state index contributed by atoms with van der Waals surface area (Å²) in [7, 11) is 1.16. The van der Waals surface area contributed by atoms with E-state index < -0.39 is 11.8 Å². The number of aromatic nitrogens is 1. The van der Waals surface area contributed by atoms with Crippen molar-refractivity contribution in [2.45, 2.75) is 0 Å². The van der Waals surface area contributed by atoms with Gasteiger partial charge in [0.1, 0.15) is 5.15 Å². The lowest BCUT2D eigenvalue weighted by molar-refractivity contribution is 0.0595. The van der Waals surface area contributed by atoms with Crippen molar-refractivity contribution in [1.29, 1.82) is 0 Å². The molecule has 0 saturated carbocycles. The molecule has 0 fully saturated rings. The number of methoxy groups -OCH3 is 1. The Hall–Kier alpha value is -1.16. The van der Waals surface area contributed by atoms with Crippen molar-refractivity contribution in [3.8, 4) is 0 Å². The number of nitrogens with zero attached hydrogens (tertiary/aromatic N) is 1. The average molecular weight is 190 g/mol. The molecule has 1 aromatic rings. The van der Waals surface area contributed by atoms with Gasteiger partial charge in [-0.2, -0.15) is 0 Å². The zero-order chi connectivity index (χ0) is 9.14. The molecule has 1 heterocycles. The summed E-state index contributed by atoms with van der Waals surface area (Å²) in [6, 6.07) is 1.11. The van der Waals surface area contributed by atoms with Gasteiger partial charge in [0.05, 0.1) is 18.9 Å². The molecule has 1 rings (SSSR count). The predicted octanol–water partition coefficient (Wildman–Crippen LogP) is 1.66. The third-order valence-electron chi connectivity index (χ3n) is 1.23. The van der Waals surface area contributed by atoms with E-state index >= 15 is 0 Å². The van der Waals surface area contributed by atoms with Crippen LogP contribution in [-0.4, -0.2) is 18.1 Å². The van der Waals surface area contributed by atoms with Gasteiger partial charge in [-0.1, -0.05) is 11.6 Å². The van der Waals surface area contributed by atoms with Crippen LogP contribution in [0.4, 0.5) is 4.39 Å². The summed E-state index contributed by atoms with van der Waals surface area (Å²) in [6.45, 7) is 0. The molecule has 0 radical (unpaired) electrons. The summed E-state index contributed by atoms with van der Waals surface area (Å²) in [5.74, 6) is -1.51. The standard InChI is InChI=1S/C7H5ClFNO2/c1-12-7(11)4-2-6(8)10-3-5(4)9/h2-3H,1H3. The quantitative estimate of drug-likeness (QED) is 0.498. The van der Waals surface area contributed by atoms with Crippen molar-refractivity contribution in [2.24, 2.45) is 0 Å². The fourth-order valence-electron chi connectivity index (χ4n) is 0.680. The zero-order valence-electron chi connectivity index (χ0n) is 6.17. The molecule has 1 aromatic heterocycles. The van der Waals surface area contributed by atoms with E-state index in [0.717, 1.165) is 19.4 Å². The van der Waals surface area contributed by atoms with Gasteiger partial charge in [-0.05, 0) is 6.07 Å². The Kier molecular flexibility index (Phi) is 2.60. The fourth-order valence-corrected chi connectivity index (χ4v) is 0.837. The molecule has 0 bridgehead atoms. The maximum Gasteiger partial charge on any atom is 0.341 e. The topological polar surface area (TPSA) is 39.2 Å². The first-order valence-electron chi connectivity index (χ1n) is 3.04. The Balaban J connectivity index is 3.13. The molecule has 0 aliphatic heterocycles. The highest BCUT2D eigenvalue weighted by Gasteiger charge is 2.12. The number of pyridine rings is 1. The van der Waals surface area contributed by atoms with Gasteiger partial charge < -0.3 is 4.74 Å². The van der Waals surface area contributed by atoms with Gasteiger partial charge in [0, 0.05) is 0 Å².